The van der Waals surface area contributed by atoms with Crippen molar-refractivity contribution in [2.24, 2.45) is 0 Å². The number of amides is 1. The van der Waals surface area contributed by atoms with Gasteiger partial charge in [0, 0.05) is 18.8 Å². The van der Waals surface area contributed by atoms with E-state index >= 15 is 0 Å². The fourth-order valence-corrected chi connectivity index (χ4v) is 3.36. The van der Waals surface area contributed by atoms with Crippen molar-refractivity contribution in [3.05, 3.63) is 94.7 Å². The van der Waals surface area contributed by atoms with E-state index in [9.17, 15) is 18.0 Å². The highest BCUT2D eigenvalue weighted by Gasteiger charge is 2.39. The number of anilines is 1. The Balaban J connectivity index is 1.88. The van der Waals surface area contributed by atoms with E-state index in [0.29, 0.717) is 11.5 Å². The predicted octanol–water partition coefficient (Wildman–Crippen LogP) is 5.41. The highest BCUT2D eigenvalue weighted by Crippen LogP contribution is 2.40. The summed E-state index contributed by atoms with van der Waals surface area (Å²) in [6.07, 6.45) is -1.21. The summed E-state index contributed by atoms with van der Waals surface area (Å²) in [7, 11) is 1.65. The van der Waals surface area contributed by atoms with Gasteiger partial charge in [-0.3, -0.25) is 9.80 Å². The lowest BCUT2D eigenvalue weighted by Crippen LogP contribution is -2.39. The summed E-state index contributed by atoms with van der Waals surface area (Å²) in [4.78, 5) is 17.4. The largest absolute Gasteiger partial charge is 0.416 e. The van der Waals surface area contributed by atoms with Crippen molar-refractivity contribution in [2.75, 3.05) is 12.1 Å². The third kappa shape index (κ3) is 3.54. The van der Waals surface area contributed by atoms with Gasteiger partial charge in [0.15, 0.2) is 0 Å². The summed E-state index contributed by atoms with van der Waals surface area (Å²) >= 11 is 0. The van der Waals surface area contributed by atoms with Crippen LogP contribution in [0.25, 0.3) is 11.8 Å². The zero-order valence-corrected chi connectivity index (χ0v) is 16.3. The van der Waals surface area contributed by atoms with E-state index in [4.69, 9.17) is 0 Å². The van der Waals surface area contributed by atoms with Gasteiger partial charge < -0.3 is 0 Å². The number of benzene rings is 2. The molecule has 0 fully saturated rings. The van der Waals surface area contributed by atoms with Gasteiger partial charge in [-0.05, 0) is 48.9 Å². The Labute approximate surface area is 171 Å². The highest BCUT2D eigenvalue weighted by molar-refractivity contribution is 6.12. The van der Waals surface area contributed by atoms with Gasteiger partial charge in [0.1, 0.15) is 5.82 Å². The third-order valence-electron chi connectivity index (χ3n) is 4.94. The molecule has 1 amide bonds. The van der Waals surface area contributed by atoms with E-state index in [1.165, 1.54) is 16.1 Å². The van der Waals surface area contributed by atoms with Gasteiger partial charge in [-0.15, -0.1) is 0 Å². The monoisotopic (exact) mass is 409 g/mol. The summed E-state index contributed by atoms with van der Waals surface area (Å²) in [5.41, 5.74) is 1.83. The van der Waals surface area contributed by atoms with E-state index in [2.05, 4.69) is 4.98 Å². The van der Waals surface area contributed by atoms with Gasteiger partial charge in [-0.1, -0.05) is 35.9 Å². The fourth-order valence-electron chi connectivity index (χ4n) is 3.36. The molecule has 152 valence electrons. The van der Waals surface area contributed by atoms with Crippen LogP contribution in [0, 0.1) is 6.92 Å². The number of nitrogens with zero attached hydrogens (tertiary/aromatic N) is 3. The molecule has 1 aromatic heterocycles. The highest BCUT2D eigenvalue weighted by atomic mass is 19.4. The lowest BCUT2D eigenvalue weighted by atomic mass is 10.0. The summed E-state index contributed by atoms with van der Waals surface area (Å²) in [5, 5.41) is 2.89. The van der Waals surface area contributed by atoms with E-state index in [1.54, 1.807) is 37.5 Å². The molecule has 0 aliphatic carbocycles. The molecule has 0 spiro atoms. The second-order valence-electron chi connectivity index (χ2n) is 7.03. The maximum absolute atomic E-state index is 13.3. The average Bonchev–Trinajstić information content (AvgIpc) is 3.00. The van der Waals surface area contributed by atoms with Crippen LogP contribution < -0.4 is 5.01 Å². The zero-order chi connectivity index (χ0) is 21.5. The molecule has 0 saturated heterocycles. The molecule has 0 bridgehead atoms. The SMILES string of the molecule is Cc1ccc(/C=C2/c3cc(C(F)(F)F)ccc3C(=O)N2N(C)c2ccccn2)cc1. The lowest BCUT2D eigenvalue weighted by molar-refractivity contribution is -0.137. The summed E-state index contributed by atoms with van der Waals surface area (Å²) < 4.78 is 40.0. The van der Waals surface area contributed by atoms with Crippen LogP contribution in [0.15, 0.2) is 66.9 Å². The molecule has 0 N–H and O–H groups in total. The number of alkyl halides is 3. The Morgan fingerprint density at radius 2 is 1.73 bits per heavy atom. The molecular formula is C23H18F3N3O. The van der Waals surface area contributed by atoms with Gasteiger partial charge in [0.05, 0.1) is 16.8 Å². The van der Waals surface area contributed by atoms with E-state index in [-0.39, 0.29) is 11.1 Å². The van der Waals surface area contributed by atoms with Crippen LogP contribution in [0.2, 0.25) is 0 Å². The Morgan fingerprint density at radius 1 is 1.00 bits per heavy atom. The molecule has 2 aromatic carbocycles. The van der Waals surface area contributed by atoms with Gasteiger partial charge in [-0.2, -0.15) is 13.2 Å². The van der Waals surface area contributed by atoms with Crippen LogP contribution in [0.4, 0.5) is 19.0 Å². The second-order valence-corrected chi connectivity index (χ2v) is 7.03. The zero-order valence-electron chi connectivity index (χ0n) is 16.3. The molecule has 0 radical (unpaired) electrons. The lowest BCUT2D eigenvalue weighted by Gasteiger charge is -2.30. The summed E-state index contributed by atoms with van der Waals surface area (Å²) in [5.74, 6) is 0.0785. The number of hydrogen-bond acceptors (Lipinski definition) is 3. The van der Waals surface area contributed by atoms with Gasteiger partial charge >= 0.3 is 6.18 Å². The van der Waals surface area contributed by atoms with Gasteiger partial charge in [0.25, 0.3) is 5.91 Å². The van der Waals surface area contributed by atoms with Crippen molar-refractivity contribution in [3.8, 4) is 0 Å². The van der Waals surface area contributed by atoms with Crippen LogP contribution in [-0.4, -0.2) is 22.9 Å². The first-order valence-electron chi connectivity index (χ1n) is 9.25. The number of carbonyl (C=O) groups is 1. The van der Waals surface area contributed by atoms with Crippen molar-refractivity contribution >= 4 is 23.5 Å². The molecule has 0 unspecified atom stereocenters. The first-order chi connectivity index (χ1) is 14.3. The van der Waals surface area contributed by atoms with Crippen molar-refractivity contribution in [1.82, 2.24) is 9.99 Å². The first-order valence-corrected chi connectivity index (χ1v) is 9.25. The molecule has 3 aromatic rings. The van der Waals surface area contributed by atoms with E-state index in [0.717, 1.165) is 23.3 Å². The standard InChI is InChI=1S/C23H18F3N3O/c1-15-6-8-16(9-7-15)13-20-19-14-17(23(24,25)26)10-11-18(19)22(30)29(20)28(2)21-5-3-4-12-27-21/h3-14H,1-2H3/b20-13-. The fraction of sp³-hybridized carbons (Fsp3) is 0.130. The molecule has 7 heteroatoms. The average molecular weight is 409 g/mol. The third-order valence-corrected chi connectivity index (χ3v) is 4.94. The number of carbonyl (C=O) groups excluding carboxylic acids is 1. The number of aryl methyl sites for hydroxylation is 1. The number of rotatable bonds is 3. The number of hydrazine groups is 1. The van der Waals surface area contributed by atoms with Crippen molar-refractivity contribution < 1.29 is 18.0 Å². The normalized spacial score (nSPS) is 14.9. The number of aromatic nitrogens is 1. The molecule has 1 aliphatic heterocycles. The van der Waals surface area contributed by atoms with Crippen LogP contribution in [0.3, 0.4) is 0 Å². The quantitative estimate of drug-likeness (QED) is 0.580. The van der Waals surface area contributed by atoms with Gasteiger partial charge in [0.2, 0.25) is 0 Å². The number of pyridine rings is 1. The smallest absolute Gasteiger partial charge is 0.267 e. The Bertz CT molecular complexity index is 1120. The molecule has 30 heavy (non-hydrogen) atoms. The minimum Gasteiger partial charge on any atom is -0.267 e. The molecule has 0 saturated carbocycles. The predicted molar refractivity (Wildman–Crippen MR) is 109 cm³/mol. The van der Waals surface area contributed by atoms with Crippen molar-refractivity contribution in [3.63, 3.8) is 0 Å². The molecular weight excluding hydrogens is 391 g/mol. The van der Waals surface area contributed by atoms with Crippen LogP contribution in [-0.2, 0) is 6.18 Å². The Kier molecular flexibility index (Phi) is 4.81. The molecule has 0 atom stereocenters. The van der Waals surface area contributed by atoms with E-state index < -0.39 is 17.6 Å². The maximum atomic E-state index is 13.3. The minimum atomic E-state index is -4.51. The van der Waals surface area contributed by atoms with Crippen LogP contribution in [0.5, 0.6) is 0 Å². The molecule has 4 nitrogen and oxygen atoms in total. The summed E-state index contributed by atoms with van der Waals surface area (Å²) in [6, 6.07) is 16.0. The maximum Gasteiger partial charge on any atom is 0.416 e. The Morgan fingerprint density at radius 3 is 2.37 bits per heavy atom. The van der Waals surface area contributed by atoms with Crippen LogP contribution >= 0.6 is 0 Å². The number of hydrogen-bond donors (Lipinski definition) is 0. The number of fused-ring (bicyclic) bond motifs is 1. The number of halogens is 3. The molecule has 1 aliphatic rings. The van der Waals surface area contributed by atoms with Crippen molar-refractivity contribution in [1.29, 1.82) is 0 Å². The topological polar surface area (TPSA) is 36.4 Å². The summed E-state index contributed by atoms with van der Waals surface area (Å²) in [6.45, 7) is 1.95. The Hall–Kier alpha value is -3.61. The van der Waals surface area contributed by atoms with Crippen LogP contribution in [0.1, 0.15) is 32.6 Å². The minimum absolute atomic E-state index is 0.212. The second kappa shape index (κ2) is 7.33. The first kappa shape index (κ1) is 19.7. The molecule has 4 rings (SSSR count). The van der Waals surface area contributed by atoms with E-state index in [1.807, 2.05) is 31.2 Å². The van der Waals surface area contributed by atoms with Crippen molar-refractivity contribution in [2.45, 2.75) is 13.1 Å². The molecule has 2 heterocycles. The van der Waals surface area contributed by atoms with Gasteiger partial charge in [-0.25, -0.2) is 9.99 Å².